The third kappa shape index (κ3) is 8.35. The number of aliphatic hydroxyl groups excluding tert-OH is 1. The molecule has 2 aromatic rings. The lowest BCUT2D eigenvalue weighted by atomic mass is 9.98. The van der Waals surface area contributed by atoms with Crippen LogP contribution in [0.2, 0.25) is 0 Å². The second-order valence-electron chi connectivity index (χ2n) is 11.1. The van der Waals surface area contributed by atoms with Gasteiger partial charge in [-0.05, 0) is 41.5 Å². The van der Waals surface area contributed by atoms with E-state index in [0.717, 1.165) is 0 Å². The van der Waals surface area contributed by atoms with Gasteiger partial charge in [-0.2, -0.15) is 4.98 Å². The molecule has 0 saturated carbocycles. The lowest BCUT2D eigenvalue weighted by molar-refractivity contribution is -0.162. The van der Waals surface area contributed by atoms with Gasteiger partial charge in [0.1, 0.15) is 29.2 Å². The normalized spacial score (nSPS) is 20.1. The molecular weight excluding hydrogens is 569 g/mol. The fourth-order valence-electron chi connectivity index (χ4n) is 3.31. The molecular formula is C23H36N5O10PS. The van der Waals surface area contributed by atoms with E-state index in [1.165, 1.54) is 6.33 Å². The number of imidazole rings is 1. The molecule has 1 saturated heterocycles. The van der Waals surface area contributed by atoms with Gasteiger partial charge >= 0.3 is 19.5 Å². The number of nitrogens with zero attached hydrogens (tertiary/aromatic N) is 4. The molecule has 2 aromatic heterocycles. The molecule has 3 rings (SSSR count). The number of aromatic nitrogens is 4. The smallest absolute Gasteiger partial charge is 0.361 e. The van der Waals surface area contributed by atoms with Crippen LogP contribution in [0.3, 0.4) is 0 Å². The second-order valence-corrected chi connectivity index (χ2v) is 13.6. The Kier molecular flexibility index (Phi) is 10.2. The predicted octanol–water partition coefficient (Wildman–Crippen LogP) is 2.64. The fraction of sp³-hybridized carbons (Fsp3) is 0.696. The Balaban J connectivity index is 1.60. The molecule has 1 aliphatic heterocycles. The molecule has 3 N–H and O–H groups in total. The molecule has 1 aliphatic rings. The minimum atomic E-state index is -4.09. The maximum atomic E-state index is 13.3. The van der Waals surface area contributed by atoms with Crippen LogP contribution in [0.4, 0.5) is 5.95 Å². The first-order valence-electron chi connectivity index (χ1n) is 12.3. The molecule has 17 heteroatoms. The lowest BCUT2D eigenvalue weighted by Gasteiger charge is -2.22. The van der Waals surface area contributed by atoms with Gasteiger partial charge in [-0.25, -0.2) is 9.97 Å². The summed E-state index contributed by atoms with van der Waals surface area (Å²) in [5, 5.41) is 10.9. The molecule has 0 radical (unpaired) electrons. The van der Waals surface area contributed by atoms with Gasteiger partial charge in [-0.15, -0.1) is 12.6 Å². The summed E-state index contributed by atoms with van der Waals surface area (Å²) < 4.78 is 46.8. The van der Waals surface area contributed by atoms with Crippen LogP contribution in [0.25, 0.3) is 11.2 Å². The van der Waals surface area contributed by atoms with E-state index >= 15 is 0 Å². The Morgan fingerprint density at radius 1 is 1.12 bits per heavy atom. The standard InChI is InChI=1S/C23H36N5O10PS/c1-22(2,3)19(30)34-10-36-39(32,37-11-35-20(31)23(4,5)6)12-33-8-14-13(29)7-15(38-14)28-9-25-16-17(28)26-21(24)27-18(16)40/h9,13-15,29H,7-8,10-12H2,1-6H3,(H3,24,26,27,40)/t13-,14+,15+/m0/s1. The van der Waals surface area contributed by atoms with Gasteiger partial charge in [0.25, 0.3) is 0 Å². The molecule has 224 valence electrons. The maximum absolute atomic E-state index is 13.3. The maximum Gasteiger partial charge on any atom is 0.361 e. The van der Waals surface area contributed by atoms with Crippen LogP contribution in [0, 0.1) is 10.8 Å². The van der Waals surface area contributed by atoms with E-state index < -0.39 is 68.7 Å². The van der Waals surface area contributed by atoms with Gasteiger partial charge in [0.2, 0.25) is 19.5 Å². The number of carbonyl (C=O) groups excluding carboxylic acids is 2. The Bertz CT molecular complexity index is 1230. The molecule has 3 atom stereocenters. The van der Waals surface area contributed by atoms with Gasteiger partial charge < -0.3 is 29.8 Å². The summed E-state index contributed by atoms with van der Waals surface area (Å²) in [5.74, 6) is -1.16. The zero-order valence-electron chi connectivity index (χ0n) is 23.2. The molecule has 0 unspecified atom stereocenters. The molecule has 3 heterocycles. The van der Waals surface area contributed by atoms with Crippen LogP contribution in [-0.4, -0.2) is 75.3 Å². The average molecular weight is 606 g/mol. The van der Waals surface area contributed by atoms with E-state index in [4.69, 9.17) is 33.7 Å². The van der Waals surface area contributed by atoms with E-state index in [9.17, 15) is 19.3 Å². The summed E-state index contributed by atoms with van der Waals surface area (Å²) in [6.07, 6.45) is -1.36. The van der Waals surface area contributed by atoms with Gasteiger partial charge in [-0.1, -0.05) is 0 Å². The van der Waals surface area contributed by atoms with Crippen molar-refractivity contribution in [2.45, 2.75) is 71.4 Å². The number of fused-ring (bicyclic) bond motifs is 1. The van der Waals surface area contributed by atoms with Crippen molar-refractivity contribution >= 4 is 49.3 Å². The molecule has 40 heavy (non-hydrogen) atoms. The minimum Gasteiger partial charge on any atom is -0.438 e. The third-order valence-corrected chi connectivity index (χ3v) is 7.38. The van der Waals surface area contributed by atoms with Crippen LogP contribution in [-0.2, 0) is 42.1 Å². The second kappa shape index (κ2) is 12.7. The molecule has 0 aromatic carbocycles. The summed E-state index contributed by atoms with van der Waals surface area (Å²) in [6, 6.07) is 0. The Morgan fingerprint density at radius 2 is 1.70 bits per heavy atom. The van der Waals surface area contributed by atoms with Crippen LogP contribution in [0.15, 0.2) is 11.4 Å². The highest BCUT2D eigenvalue weighted by atomic mass is 32.1. The first-order valence-corrected chi connectivity index (χ1v) is 14.5. The van der Waals surface area contributed by atoms with Crippen LogP contribution in [0.5, 0.6) is 0 Å². The number of nitrogen functional groups attached to an aromatic ring is 1. The van der Waals surface area contributed by atoms with Crippen molar-refractivity contribution in [2.24, 2.45) is 10.8 Å². The summed E-state index contributed by atoms with van der Waals surface area (Å²) in [6.45, 7) is 8.32. The summed E-state index contributed by atoms with van der Waals surface area (Å²) in [7, 11) is -4.09. The van der Waals surface area contributed by atoms with Crippen molar-refractivity contribution in [1.82, 2.24) is 19.5 Å². The largest absolute Gasteiger partial charge is 0.438 e. The van der Waals surface area contributed by atoms with Gasteiger partial charge in [0.15, 0.2) is 5.65 Å². The van der Waals surface area contributed by atoms with E-state index in [2.05, 4.69) is 27.6 Å². The monoisotopic (exact) mass is 605 g/mol. The number of ether oxygens (including phenoxy) is 4. The van der Waals surface area contributed by atoms with E-state index in [1.807, 2.05) is 0 Å². The molecule has 0 amide bonds. The molecule has 1 fully saturated rings. The number of thiol groups is 1. The molecule has 0 spiro atoms. The van der Waals surface area contributed by atoms with E-state index in [0.29, 0.717) is 16.2 Å². The number of esters is 2. The van der Waals surface area contributed by atoms with Crippen molar-refractivity contribution in [3.8, 4) is 0 Å². The number of anilines is 1. The number of hydrogen-bond acceptors (Lipinski definition) is 15. The zero-order chi connectivity index (χ0) is 29.9. The van der Waals surface area contributed by atoms with Crippen molar-refractivity contribution in [3.63, 3.8) is 0 Å². The quantitative estimate of drug-likeness (QED) is 0.111. The molecule has 15 nitrogen and oxygen atoms in total. The van der Waals surface area contributed by atoms with E-state index in [1.54, 1.807) is 46.1 Å². The topological polar surface area (TPSA) is 196 Å². The summed E-state index contributed by atoms with van der Waals surface area (Å²) >= 11 is 4.26. The number of carbonyl (C=O) groups is 2. The lowest BCUT2D eigenvalue weighted by Crippen LogP contribution is -2.27. The van der Waals surface area contributed by atoms with E-state index in [-0.39, 0.29) is 19.0 Å². The highest BCUT2D eigenvalue weighted by molar-refractivity contribution is 7.80. The third-order valence-electron chi connectivity index (χ3n) is 5.57. The average Bonchev–Trinajstić information content (AvgIpc) is 3.41. The Labute approximate surface area is 237 Å². The van der Waals surface area contributed by atoms with Crippen molar-refractivity contribution in [3.05, 3.63) is 6.33 Å². The van der Waals surface area contributed by atoms with Crippen molar-refractivity contribution < 1.29 is 47.3 Å². The minimum absolute atomic E-state index is 0.00907. The number of rotatable bonds is 11. The van der Waals surface area contributed by atoms with Gasteiger partial charge in [0.05, 0.1) is 29.9 Å². The number of nitrogens with two attached hydrogens (primary N) is 1. The van der Waals surface area contributed by atoms with Gasteiger partial charge in [-0.3, -0.25) is 27.8 Å². The van der Waals surface area contributed by atoms with Crippen molar-refractivity contribution in [2.75, 3.05) is 32.3 Å². The molecule has 0 bridgehead atoms. The van der Waals surface area contributed by atoms with Crippen molar-refractivity contribution in [1.29, 1.82) is 0 Å². The van der Waals surface area contributed by atoms with Crippen LogP contribution >= 0.6 is 20.2 Å². The van der Waals surface area contributed by atoms with Crippen LogP contribution < -0.4 is 5.73 Å². The number of hydrogen-bond donors (Lipinski definition) is 3. The number of aliphatic hydroxyl groups is 1. The van der Waals surface area contributed by atoms with Crippen LogP contribution in [0.1, 0.15) is 54.2 Å². The SMILES string of the molecule is CC(C)(C)C(=O)OCOP(=O)(COC[C@H]1O[C@@H](n2cnc3c(S)nc(N)nc32)C[C@@H]1O)OCOC(=O)C(C)(C)C. The predicted molar refractivity (Wildman–Crippen MR) is 143 cm³/mol. The fourth-order valence-corrected chi connectivity index (χ4v) is 4.55. The first-order chi connectivity index (χ1) is 18.5. The highest BCUT2D eigenvalue weighted by Crippen LogP contribution is 2.48. The highest BCUT2D eigenvalue weighted by Gasteiger charge is 2.37. The Morgan fingerprint density at radius 3 is 2.25 bits per heavy atom. The Hall–Kier alpha value is -2.33. The summed E-state index contributed by atoms with van der Waals surface area (Å²) in [4.78, 5) is 36.4. The summed E-state index contributed by atoms with van der Waals surface area (Å²) in [5.41, 5.74) is 4.91. The zero-order valence-corrected chi connectivity index (χ0v) is 25.0. The first kappa shape index (κ1) is 32.2. The van der Waals surface area contributed by atoms with Gasteiger partial charge in [0, 0.05) is 6.42 Å². The molecule has 0 aliphatic carbocycles.